The Bertz CT molecular complexity index is 662. The minimum Gasteiger partial charge on any atom is -0.399 e. The van der Waals surface area contributed by atoms with Crippen molar-refractivity contribution in [2.45, 2.75) is 0 Å². The molecule has 0 bridgehead atoms. The molecule has 0 unspecified atom stereocenters. The van der Waals surface area contributed by atoms with Crippen molar-refractivity contribution in [1.82, 2.24) is 0 Å². The molecule has 0 spiro atoms. The molecule has 3 heteroatoms. The van der Waals surface area contributed by atoms with E-state index in [1.54, 1.807) is 12.1 Å². The van der Waals surface area contributed by atoms with E-state index in [9.17, 15) is 4.39 Å². The number of hydrogen-bond acceptors (Lipinski definition) is 2. The van der Waals surface area contributed by atoms with Gasteiger partial charge in [-0.2, -0.15) is 0 Å². The van der Waals surface area contributed by atoms with Gasteiger partial charge in [-0.3, -0.25) is 0 Å². The number of hydrogen-bond donors (Lipinski definition) is 2. The molecule has 0 radical (unpaired) electrons. The van der Waals surface area contributed by atoms with Gasteiger partial charge in [0.1, 0.15) is 5.82 Å². The highest BCUT2D eigenvalue weighted by Gasteiger charge is 1.94. The molecular formula is C18H17FN2. The Morgan fingerprint density at radius 3 is 1.71 bits per heavy atom. The highest BCUT2D eigenvalue weighted by atomic mass is 19.1. The molecule has 0 aliphatic heterocycles. The minimum absolute atomic E-state index is 0.287. The van der Waals surface area contributed by atoms with Crippen molar-refractivity contribution >= 4 is 11.4 Å². The molecule has 0 aliphatic carbocycles. The Morgan fingerprint density at radius 1 is 0.571 bits per heavy atom. The van der Waals surface area contributed by atoms with E-state index in [2.05, 4.69) is 12.1 Å². The lowest BCUT2D eigenvalue weighted by Gasteiger charge is -2.00. The van der Waals surface area contributed by atoms with Crippen LogP contribution in [0, 0.1) is 5.82 Å². The fraction of sp³-hybridized carbons (Fsp3) is 0. The van der Waals surface area contributed by atoms with Crippen LogP contribution in [0.4, 0.5) is 15.8 Å². The molecule has 0 saturated carbocycles. The quantitative estimate of drug-likeness (QED) is 0.651. The highest BCUT2D eigenvalue weighted by Crippen LogP contribution is 2.19. The first-order valence-corrected chi connectivity index (χ1v) is 6.57. The van der Waals surface area contributed by atoms with Crippen LogP contribution in [0.3, 0.4) is 0 Å². The maximum Gasteiger partial charge on any atom is 0.125 e. The summed E-state index contributed by atoms with van der Waals surface area (Å²) in [4.78, 5) is 0. The Kier molecular flexibility index (Phi) is 4.94. The standard InChI is InChI=1S/C12H11N.C6H6FN/c13-12-8-6-11(7-9-12)10-4-2-1-3-5-10;7-5-2-1-3-6(8)4-5/h1-9H,13H2;1-4H,8H2. The normalized spacial score (nSPS) is 9.57. The van der Waals surface area contributed by atoms with Crippen molar-refractivity contribution in [2.75, 3.05) is 11.5 Å². The molecule has 0 fully saturated rings. The van der Waals surface area contributed by atoms with Gasteiger partial charge in [0.15, 0.2) is 0 Å². The topological polar surface area (TPSA) is 52.0 Å². The Labute approximate surface area is 123 Å². The van der Waals surface area contributed by atoms with E-state index in [0.29, 0.717) is 5.69 Å². The molecule has 0 atom stereocenters. The van der Waals surface area contributed by atoms with Crippen LogP contribution in [0.15, 0.2) is 78.9 Å². The van der Waals surface area contributed by atoms with Crippen LogP contribution in [0.5, 0.6) is 0 Å². The summed E-state index contributed by atoms with van der Waals surface area (Å²) in [6.07, 6.45) is 0. The Balaban J connectivity index is 0.000000173. The van der Waals surface area contributed by atoms with Gasteiger partial charge < -0.3 is 11.5 Å². The largest absolute Gasteiger partial charge is 0.399 e. The number of benzene rings is 3. The lowest BCUT2D eigenvalue weighted by Crippen LogP contribution is -1.83. The van der Waals surface area contributed by atoms with E-state index >= 15 is 0 Å². The summed E-state index contributed by atoms with van der Waals surface area (Å²) in [7, 11) is 0. The van der Waals surface area contributed by atoms with Gasteiger partial charge in [-0.15, -0.1) is 0 Å². The van der Waals surface area contributed by atoms with Crippen LogP contribution in [0.25, 0.3) is 11.1 Å². The van der Waals surface area contributed by atoms with Crippen LogP contribution >= 0.6 is 0 Å². The summed E-state index contributed by atoms with van der Waals surface area (Å²) in [5.74, 6) is -0.287. The van der Waals surface area contributed by atoms with Crippen LogP contribution < -0.4 is 11.5 Å². The molecule has 3 aromatic carbocycles. The molecule has 0 heterocycles. The predicted molar refractivity (Wildman–Crippen MR) is 87.1 cm³/mol. The molecule has 21 heavy (non-hydrogen) atoms. The second-order valence-electron chi connectivity index (χ2n) is 4.54. The smallest absolute Gasteiger partial charge is 0.125 e. The summed E-state index contributed by atoms with van der Waals surface area (Å²) in [5.41, 5.74) is 14.5. The Hall–Kier alpha value is -2.81. The van der Waals surface area contributed by atoms with Gasteiger partial charge in [-0.05, 0) is 41.5 Å². The van der Waals surface area contributed by atoms with Gasteiger partial charge in [0, 0.05) is 11.4 Å². The van der Waals surface area contributed by atoms with Gasteiger partial charge in [-0.25, -0.2) is 4.39 Å². The van der Waals surface area contributed by atoms with E-state index < -0.39 is 0 Å². The number of nitrogen functional groups attached to an aromatic ring is 2. The van der Waals surface area contributed by atoms with Crippen LogP contribution in [0.1, 0.15) is 0 Å². The third-order valence-electron chi connectivity index (χ3n) is 2.87. The molecule has 0 saturated heterocycles. The SMILES string of the molecule is Nc1ccc(-c2ccccc2)cc1.Nc1cccc(F)c1. The second-order valence-corrected chi connectivity index (χ2v) is 4.54. The van der Waals surface area contributed by atoms with E-state index in [1.165, 1.54) is 23.3 Å². The molecule has 0 aliphatic rings. The lowest BCUT2D eigenvalue weighted by molar-refractivity contribution is 0.628. The van der Waals surface area contributed by atoms with E-state index in [4.69, 9.17) is 11.5 Å². The molecule has 3 aromatic rings. The summed E-state index contributed by atoms with van der Waals surface area (Å²) >= 11 is 0. The zero-order valence-corrected chi connectivity index (χ0v) is 11.5. The molecular weight excluding hydrogens is 263 g/mol. The van der Waals surface area contributed by atoms with Crippen LogP contribution in [-0.4, -0.2) is 0 Å². The first-order valence-electron chi connectivity index (χ1n) is 6.57. The average molecular weight is 280 g/mol. The minimum atomic E-state index is -0.287. The van der Waals surface area contributed by atoms with Crippen molar-refractivity contribution in [2.24, 2.45) is 0 Å². The third kappa shape index (κ3) is 4.66. The van der Waals surface area contributed by atoms with Gasteiger partial charge in [0.25, 0.3) is 0 Å². The van der Waals surface area contributed by atoms with Gasteiger partial charge in [0.05, 0.1) is 0 Å². The van der Waals surface area contributed by atoms with Crippen molar-refractivity contribution < 1.29 is 4.39 Å². The number of rotatable bonds is 1. The van der Waals surface area contributed by atoms with Gasteiger partial charge in [-0.1, -0.05) is 48.5 Å². The van der Waals surface area contributed by atoms with Gasteiger partial charge in [0.2, 0.25) is 0 Å². The third-order valence-corrected chi connectivity index (χ3v) is 2.87. The van der Waals surface area contributed by atoms with E-state index in [1.807, 2.05) is 42.5 Å². The van der Waals surface area contributed by atoms with Crippen molar-refractivity contribution in [3.05, 3.63) is 84.7 Å². The van der Waals surface area contributed by atoms with Crippen molar-refractivity contribution in [3.8, 4) is 11.1 Å². The van der Waals surface area contributed by atoms with E-state index in [0.717, 1.165) is 5.69 Å². The number of nitrogens with two attached hydrogens (primary N) is 2. The summed E-state index contributed by atoms with van der Waals surface area (Å²) in [6.45, 7) is 0. The summed E-state index contributed by atoms with van der Waals surface area (Å²) in [6, 6.07) is 24.0. The predicted octanol–water partition coefficient (Wildman–Crippen LogP) is 4.34. The van der Waals surface area contributed by atoms with Crippen molar-refractivity contribution in [3.63, 3.8) is 0 Å². The van der Waals surface area contributed by atoms with Gasteiger partial charge >= 0.3 is 0 Å². The lowest BCUT2D eigenvalue weighted by atomic mass is 10.1. The summed E-state index contributed by atoms with van der Waals surface area (Å²) < 4.78 is 12.1. The van der Waals surface area contributed by atoms with Crippen molar-refractivity contribution in [1.29, 1.82) is 0 Å². The summed E-state index contributed by atoms with van der Waals surface area (Å²) in [5, 5.41) is 0. The second kappa shape index (κ2) is 7.10. The van der Waals surface area contributed by atoms with E-state index in [-0.39, 0.29) is 5.82 Å². The average Bonchev–Trinajstić information content (AvgIpc) is 2.49. The molecule has 0 aromatic heterocycles. The molecule has 3 rings (SSSR count). The monoisotopic (exact) mass is 280 g/mol. The fourth-order valence-electron chi connectivity index (χ4n) is 1.81. The maximum atomic E-state index is 12.1. The first kappa shape index (κ1) is 14.6. The number of halogens is 1. The molecule has 106 valence electrons. The first-order chi connectivity index (χ1) is 10.1. The maximum absolute atomic E-state index is 12.1. The molecule has 4 N–H and O–H groups in total. The fourth-order valence-corrected chi connectivity index (χ4v) is 1.81. The molecule has 0 amide bonds. The number of anilines is 2. The molecule has 2 nitrogen and oxygen atoms in total. The Morgan fingerprint density at radius 2 is 1.19 bits per heavy atom. The highest BCUT2D eigenvalue weighted by molar-refractivity contribution is 5.65. The van der Waals surface area contributed by atoms with Crippen LogP contribution in [0.2, 0.25) is 0 Å². The zero-order valence-electron chi connectivity index (χ0n) is 11.5. The zero-order chi connectivity index (χ0) is 15.1. The van der Waals surface area contributed by atoms with Crippen LogP contribution in [-0.2, 0) is 0 Å².